The molecule has 2 aliphatic rings. The van der Waals surface area contributed by atoms with Crippen LogP contribution in [-0.2, 0) is 0 Å². The average Bonchev–Trinajstić information content (AvgIpc) is 2.52. The minimum atomic E-state index is 0.422. The van der Waals surface area contributed by atoms with Gasteiger partial charge in [0.05, 0.1) is 0 Å². The molecule has 1 heterocycles. The van der Waals surface area contributed by atoms with Crippen molar-refractivity contribution in [2.24, 2.45) is 11.3 Å². The van der Waals surface area contributed by atoms with Gasteiger partial charge in [0.15, 0.2) is 0 Å². The Morgan fingerprint density at radius 2 is 2.50 bits per heavy atom. The van der Waals surface area contributed by atoms with Crippen molar-refractivity contribution >= 4 is 11.8 Å². The molecule has 1 aliphatic heterocycles. The van der Waals surface area contributed by atoms with Gasteiger partial charge in [0, 0.05) is 11.9 Å². The summed E-state index contributed by atoms with van der Waals surface area (Å²) in [5.74, 6) is 1.97. The topological polar surface area (TPSA) is 20.2 Å². The summed E-state index contributed by atoms with van der Waals surface area (Å²) >= 11 is 2.07. The number of rotatable bonds is 1. The predicted molar refractivity (Wildman–Crippen MR) is 44.2 cm³/mol. The number of aliphatic hydroxyl groups excluding tert-OH is 1. The summed E-state index contributed by atoms with van der Waals surface area (Å²) in [6.45, 7) is 2.73. The first-order valence-corrected chi connectivity index (χ1v) is 5.07. The molecule has 58 valence electrons. The van der Waals surface area contributed by atoms with Gasteiger partial charge in [0.2, 0.25) is 0 Å². The summed E-state index contributed by atoms with van der Waals surface area (Å²) in [7, 11) is 0. The first-order chi connectivity index (χ1) is 4.79. The molecule has 0 bridgehead atoms. The van der Waals surface area contributed by atoms with E-state index in [1.54, 1.807) is 0 Å². The second-order valence-corrected chi connectivity index (χ2v) is 5.03. The molecule has 1 saturated heterocycles. The van der Waals surface area contributed by atoms with E-state index in [9.17, 15) is 0 Å². The Morgan fingerprint density at radius 3 is 2.90 bits per heavy atom. The molecule has 1 spiro atoms. The highest BCUT2D eigenvalue weighted by molar-refractivity contribution is 8.00. The minimum absolute atomic E-state index is 0.422. The SMILES string of the molecule is CC1SCCC12CC2CO. The van der Waals surface area contributed by atoms with Crippen molar-refractivity contribution in [1.29, 1.82) is 0 Å². The second-order valence-electron chi connectivity index (χ2n) is 3.58. The summed E-state index contributed by atoms with van der Waals surface area (Å²) < 4.78 is 0. The largest absolute Gasteiger partial charge is 0.396 e. The van der Waals surface area contributed by atoms with E-state index < -0.39 is 0 Å². The highest BCUT2D eigenvalue weighted by Crippen LogP contribution is 2.64. The van der Waals surface area contributed by atoms with Crippen molar-refractivity contribution in [3.8, 4) is 0 Å². The van der Waals surface area contributed by atoms with Crippen LogP contribution in [-0.4, -0.2) is 22.7 Å². The molecule has 0 amide bonds. The molecule has 1 N–H and O–H groups in total. The van der Waals surface area contributed by atoms with Crippen LogP contribution >= 0.6 is 11.8 Å². The summed E-state index contributed by atoms with van der Waals surface area (Å²) in [4.78, 5) is 0. The lowest BCUT2D eigenvalue weighted by Crippen LogP contribution is -2.12. The third-order valence-electron chi connectivity index (χ3n) is 3.24. The molecular weight excluding hydrogens is 144 g/mol. The van der Waals surface area contributed by atoms with Crippen LogP contribution in [0.15, 0.2) is 0 Å². The third-order valence-corrected chi connectivity index (χ3v) is 4.65. The van der Waals surface area contributed by atoms with Gasteiger partial charge in [-0.25, -0.2) is 0 Å². The molecule has 1 aliphatic carbocycles. The number of hydrogen-bond acceptors (Lipinski definition) is 2. The molecule has 1 nitrogen and oxygen atoms in total. The standard InChI is InChI=1S/C8H14OS/c1-6-8(2-3-10-6)4-7(8)5-9/h6-7,9H,2-5H2,1H3. The van der Waals surface area contributed by atoms with Crippen molar-refractivity contribution in [2.45, 2.75) is 25.0 Å². The molecule has 1 saturated carbocycles. The van der Waals surface area contributed by atoms with Crippen LogP contribution in [0.3, 0.4) is 0 Å². The van der Waals surface area contributed by atoms with Crippen molar-refractivity contribution in [2.75, 3.05) is 12.4 Å². The van der Waals surface area contributed by atoms with Gasteiger partial charge < -0.3 is 5.11 Å². The molecular formula is C8H14OS. The Hall–Kier alpha value is 0.310. The Labute approximate surface area is 66.2 Å². The lowest BCUT2D eigenvalue weighted by molar-refractivity contribution is 0.248. The van der Waals surface area contributed by atoms with Gasteiger partial charge in [-0.1, -0.05) is 6.92 Å². The van der Waals surface area contributed by atoms with Crippen molar-refractivity contribution in [3.05, 3.63) is 0 Å². The fourth-order valence-electron chi connectivity index (χ4n) is 2.25. The smallest absolute Gasteiger partial charge is 0.0465 e. The van der Waals surface area contributed by atoms with E-state index in [1.807, 2.05) is 0 Å². The van der Waals surface area contributed by atoms with E-state index in [0.29, 0.717) is 17.9 Å². The lowest BCUT2D eigenvalue weighted by Gasteiger charge is -2.12. The molecule has 0 aromatic rings. The zero-order valence-corrected chi connectivity index (χ0v) is 7.16. The first-order valence-electron chi connectivity index (χ1n) is 4.02. The molecule has 3 unspecified atom stereocenters. The van der Waals surface area contributed by atoms with E-state index in [4.69, 9.17) is 5.11 Å². The van der Waals surface area contributed by atoms with Crippen molar-refractivity contribution < 1.29 is 5.11 Å². The number of aliphatic hydroxyl groups is 1. The normalized spacial score (nSPS) is 52.2. The van der Waals surface area contributed by atoms with Gasteiger partial charge in [-0.15, -0.1) is 0 Å². The third kappa shape index (κ3) is 0.751. The van der Waals surface area contributed by atoms with Gasteiger partial charge in [0.25, 0.3) is 0 Å². The van der Waals surface area contributed by atoms with Crippen LogP contribution in [0, 0.1) is 11.3 Å². The van der Waals surface area contributed by atoms with Crippen LogP contribution in [0.1, 0.15) is 19.8 Å². The maximum Gasteiger partial charge on any atom is 0.0465 e. The fourth-order valence-corrected chi connectivity index (χ4v) is 3.84. The van der Waals surface area contributed by atoms with Gasteiger partial charge >= 0.3 is 0 Å². The van der Waals surface area contributed by atoms with E-state index in [0.717, 1.165) is 5.25 Å². The number of hydrogen-bond donors (Lipinski definition) is 1. The van der Waals surface area contributed by atoms with Crippen molar-refractivity contribution in [1.82, 2.24) is 0 Å². The molecule has 0 aromatic carbocycles. The van der Waals surface area contributed by atoms with Crippen LogP contribution < -0.4 is 0 Å². The lowest BCUT2D eigenvalue weighted by atomic mass is 9.97. The Morgan fingerprint density at radius 1 is 1.70 bits per heavy atom. The van der Waals surface area contributed by atoms with Gasteiger partial charge in [-0.3, -0.25) is 0 Å². The molecule has 3 atom stereocenters. The van der Waals surface area contributed by atoms with Crippen molar-refractivity contribution in [3.63, 3.8) is 0 Å². The maximum absolute atomic E-state index is 8.94. The summed E-state index contributed by atoms with van der Waals surface area (Å²) in [6, 6.07) is 0. The van der Waals surface area contributed by atoms with Crippen LogP contribution in [0.5, 0.6) is 0 Å². The minimum Gasteiger partial charge on any atom is -0.396 e. The molecule has 2 rings (SSSR count). The zero-order valence-electron chi connectivity index (χ0n) is 6.34. The van der Waals surface area contributed by atoms with Crippen LogP contribution in [0.25, 0.3) is 0 Å². The Bertz CT molecular complexity index is 148. The zero-order chi connectivity index (χ0) is 7.19. The molecule has 0 aromatic heterocycles. The highest BCUT2D eigenvalue weighted by atomic mass is 32.2. The van der Waals surface area contributed by atoms with Crippen LogP contribution in [0.4, 0.5) is 0 Å². The fraction of sp³-hybridized carbons (Fsp3) is 1.00. The quantitative estimate of drug-likeness (QED) is 0.624. The summed E-state index contributed by atoms with van der Waals surface area (Å²) in [6.07, 6.45) is 2.64. The van der Waals surface area contributed by atoms with E-state index in [-0.39, 0.29) is 0 Å². The van der Waals surface area contributed by atoms with Crippen LogP contribution in [0.2, 0.25) is 0 Å². The Kier molecular flexibility index (Phi) is 1.50. The monoisotopic (exact) mass is 158 g/mol. The highest BCUT2D eigenvalue weighted by Gasteiger charge is 2.58. The summed E-state index contributed by atoms with van der Waals surface area (Å²) in [5.41, 5.74) is 0.583. The predicted octanol–water partition coefficient (Wildman–Crippen LogP) is 1.51. The Balaban J connectivity index is 2.04. The van der Waals surface area contributed by atoms with E-state index in [2.05, 4.69) is 18.7 Å². The second kappa shape index (κ2) is 2.15. The van der Waals surface area contributed by atoms with Gasteiger partial charge in [-0.2, -0.15) is 11.8 Å². The van der Waals surface area contributed by atoms with E-state index >= 15 is 0 Å². The van der Waals surface area contributed by atoms with Gasteiger partial charge in [0.1, 0.15) is 0 Å². The molecule has 0 radical (unpaired) electrons. The summed E-state index contributed by atoms with van der Waals surface area (Å²) in [5, 5.41) is 9.75. The first kappa shape index (κ1) is 6.99. The number of thioether (sulfide) groups is 1. The molecule has 2 heteroatoms. The van der Waals surface area contributed by atoms with Gasteiger partial charge in [-0.05, 0) is 29.9 Å². The average molecular weight is 158 g/mol. The van der Waals surface area contributed by atoms with E-state index in [1.165, 1.54) is 18.6 Å². The molecule has 2 fully saturated rings. The maximum atomic E-state index is 8.94. The molecule has 10 heavy (non-hydrogen) atoms.